The third-order valence-electron chi connectivity index (χ3n) is 2.27. The SMILES string of the molecule is Cc1cc(NC(=O)CNc2ccc(Cl)cc2Cl)no1. The molecule has 0 spiro atoms. The number of carbonyl (C=O) groups is 1. The summed E-state index contributed by atoms with van der Waals surface area (Å²) in [4.78, 5) is 11.6. The van der Waals surface area contributed by atoms with E-state index in [2.05, 4.69) is 15.8 Å². The number of hydrogen-bond donors (Lipinski definition) is 2. The van der Waals surface area contributed by atoms with Gasteiger partial charge < -0.3 is 15.2 Å². The number of nitrogens with zero attached hydrogens (tertiary/aromatic N) is 1. The average Bonchev–Trinajstić information content (AvgIpc) is 2.73. The monoisotopic (exact) mass is 299 g/mol. The number of aromatic nitrogens is 1. The van der Waals surface area contributed by atoms with Crippen LogP contribution in [0.25, 0.3) is 0 Å². The molecule has 19 heavy (non-hydrogen) atoms. The van der Waals surface area contributed by atoms with Gasteiger partial charge in [0.25, 0.3) is 0 Å². The van der Waals surface area contributed by atoms with Crippen LogP contribution in [0.5, 0.6) is 0 Å². The average molecular weight is 300 g/mol. The number of nitrogens with one attached hydrogen (secondary N) is 2. The Labute approximate surface area is 119 Å². The molecule has 7 heteroatoms. The zero-order valence-electron chi connectivity index (χ0n) is 10.0. The molecule has 0 aliphatic rings. The van der Waals surface area contributed by atoms with E-state index in [-0.39, 0.29) is 12.5 Å². The van der Waals surface area contributed by atoms with E-state index in [1.807, 2.05) is 0 Å². The summed E-state index contributed by atoms with van der Waals surface area (Å²) < 4.78 is 4.84. The second kappa shape index (κ2) is 5.95. The zero-order valence-corrected chi connectivity index (χ0v) is 11.5. The topological polar surface area (TPSA) is 67.2 Å². The molecule has 2 rings (SSSR count). The Kier molecular flexibility index (Phi) is 4.29. The summed E-state index contributed by atoms with van der Waals surface area (Å²) in [5, 5.41) is 10.2. The molecule has 0 unspecified atom stereocenters. The molecule has 0 saturated heterocycles. The third kappa shape index (κ3) is 3.87. The van der Waals surface area contributed by atoms with Gasteiger partial charge in [0, 0.05) is 11.1 Å². The minimum atomic E-state index is -0.251. The summed E-state index contributed by atoms with van der Waals surface area (Å²) in [6.07, 6.45) is 0. The first-order valence-corrected chi connectivity index (χ1v) is 6.22. The van der Waals surface area contributed by atoms with Crippen LogP contribution in [0.4, 0.5) is 11.5 Å². The Morgan fingerprint density at radius 2 is 2.16 bits per heavy atom. The van der Waals surface area contributed by atoms with Crippen molar-refractivity contribution in [3.05, 3.63) is 40.1 Å². The van der Waals surface area contributed by atoms with E-state index in [4.69, 9.17) is 27.7 Å². The first-order chi connectivity index (χ1) is 9.04. The first-order valence-electron chi connectivity index (χ1n) is 5.46. The fourth-order valence-corrected chi connectivity index (χ4v) is 1.90. The molecule has 1 aromatic carbocycles. The zero-order chi connectivity index (χ0) is 13.8. The minimum Gasteiger partial charge on any atom is -0.375 e. The quantitative estimate of drug-likeness (QED) is 0.908. The van der Waals surface area contributed by atoms with Crippen LogP contribution in [0, 0.1) is 6.92 Å². The second-order valence-electron chi connectivity index (χ2n) is 3.85. The molecule has 1 aromatic heterocycles. The molecular weight excluding hydrogens is 289 g/mol. The third-order valence-corrected chi connectivity index (χ3v) is 2.81. The molecule has 0 fully saturated rings. The number of benzene rings is 1. The van der Waals surface area contributed by atoms with Crippen LogP contribution in [-0.2, 0) is 4.79 Å². The van der Waals surface area contributed by atoms with Gasteiger partial charge in [-0.3, -0.25) is 4.79 Å². The van der Waals surface area contributed by atoms with Crippen molar-refractivity contribution in [2.45, 2.75) is 6.92 Å². The van der Waals surface area contributed by atoms with Crippen molar-refractivity contribution in [3.63, 3.8) is 0 Å². The van der Waals surface area contributed by atoms with Gasteiger partial charge in [-0.1, -0.05) is 28.4 Å². The Morgan fingerprint density at radius 1 is 1.37 bits per heavy atom. The van der Waals surface area contributed by atoms with Crippen molar-refractivity contribution in [2.75, 3.05) is 17.2 Å². The highest BCUT2D eigenvalue weighted by Crippen LogP contribution is 2.25. The molecule has 2 N–H and O–H groups in total. The Morgan fingerprint density at radius 3 is 2.79 bits per heavy atom. The lowest BCUT2D eigenvalue weighted by Crippen LogP contribution is -2.21. The van der Waals surface area contributed by atoms with Crippen LogP contribution in [0.15, 0.2) is 28.8 Å². The summed E-state index contributed by atoms with van der Waals surface area (Å²) in [6, 6.07) is 6.63. The molecule has 0 saturated carbocycles. The van der Waals surface area contributed by atoms with E-state index in [0.717, 1.165) is 0 Å². The van der Waals surface area contributed by atoms with Crippen molar-refractivity contribution >= 4 is 40.6 Å². The summed E-state index contributed by atoms with van der Waals surface area (Å²) in [5.74, 6) is 0.759. The van der Waals surface area contributed by atoms with E-state index < -0.39 is 0 Å². The molecule has 1 amide bonds. The molecule has 2 aromatic rings. The Bertz CT molecular complexity index is 598. The number of halogens is 2. The maximum Gasteiger partial charge on any atom is 0.244 e. The molecule has 0 aliphatic heterocycles. The normalized spacial score (nSPS) is 10.3. The number of carbonyl (C=O) groups excluding carboxylic acids is 1. The second-order valence-corrected chi connectivity index (χ2v) is 4.69. The van der Waals surface area contributed by atoms with Gasteiger partial charge in [0.2, 0.25) is 5.91 Å². The Hall–Kier alpha value is -1.72. The van der Waals surface area contributed by atoms with Crippen molar-refractivity contribution in [2.24, 2.45) is 0 Å². The van der Waals surface area contributed by atoms with Crippen LogP contribution < -0.4 is 10.6 Å². The lowest BCUT2D eigenvalue weighted by atomic mass is 10.3. The van der Waals surface area contributed by atoms with Crippen LogP contribution in [0.1, 0.15) is 5.76 Å². The molecular formula is C12H11Cl2N3O2. The number of hydrogen-bond acceptors (Lipinski definition) is 4. The lowest BCUT2D eigenvalue weighted by molar-refractivity contribution is -0.114. The highest BCUT2D eigenvalue weighted by molar-refractivity contribution is 6.36. The Balaban J connectivity index is 1.89. The number of aryl methyl sites for hydroxylation is 1. The predicted molar refractivity (Wildman–Crippen MR) is 74.8 cm³/mol. The first kappa shape index (κ1) is 13.7. The maximum absolute atomic E-state index is 11.6. The van der Waals surface area contributed by atoms with E-state index in [1.54, 1.807) is 31.2 Å². The maximum atomic E-state index is 11.6. The largest absolute Gasteiger partial charge is 0.375 e. The standard InChI is InChI=1S/C12H11Cl2N3O2/c1-7-4-11(17-19-7)16-12(18)6-15-10-3-2-8(13)5-9(10)14/h2-5,15H,6H2,1H3,(H,16,17,18). The van der Waals surface area contributed by atoms with Gasteiger partial charge in [0.1, 0.15) is 5.76 Å². The van der Waals surface area contributed by atoms with Gasteiger partial charge >= 0.3 is 0 Å². The summed E-state index contributed by atoms with van der Waals surface area (Å²) >= 11 is 11.7. The van der Waals surface area contributed by atoms with E-state index in [1.165, 1.54) is 0 Å². The fourth-order valence-electron chi connectivity index (χ4n) is 1.42. The van der Waals surface area contributed by atoms with Gasteiger partial charge in [0.05, 0.1) is 17.3 Å². The molecule has 0 aliphatic carbocycles. The number of rotatable bonds is 4. The van der Waals surface area contributed by atoms with Crippen LogP contribution in [-0.4, -0.2) is 17.6 Å². The highest BCUT2D eigenvalue weighted by Gasteiger charge is 2.07. The summed E-state index contributed by atoms with van der Waals surface area (Å²) in [5.41, 5.74) is 0.637. The van der Waals surface area contributed by atoms with Crippen molar-refractivity contribution < 1.29 is 9.32 Å². The molecule has 0 atom stereocenters. The molecule has 100 valence electrons. The van der Waals surface area contributed by atoms with E-state index >= 15 is 0 Å². The summed E-state index contributed by atoms with van der Waals surface area (Å²) in [6.45, 7) is 1.81. The molecule has 0 bridgehead atoms. The van der Waals surface area contributed by atoms with Crippen LogP contribution >= 0.6 is 23.2 Å². The van der Waals surface area contributed by atoms with Crippen LogP contribution in [0.3, 0.4) is 0 Å². The molecule has 1 heterocycles. The smallest absolute Gasteiger partial charge is 0.244 e. The van der Waals surface area contributed by atoms with Gasteiger partial charge in [-0.2, -0.15) is 0 Å². The molecule has 5 nitrogen and oxygen atoms in total. The summed E-state index contributed by atoms with van der Waals surface area (Å²) in [7, 11) is 0. The fraction of sp³-hybridized carbons (Fsp3) is 0.167. The number of amides is 1. The van der Waals surface area contributed by atoms with Crippen molar-refractivity contribution in [3.8, 4) is 0 Å². The van der Waals surface area contributed by atoms with E-state index in [0.29, 0.717) is 27.3 Å². The minimum absolute atomic E-state index is 0.0628. The van der Waals surface area contributed by atoms with Gasteiger partial charge in [0.15, 0.2) is 5.82 Å². The number of anilines is 2. The predicted octanol–water partition coefficient (Wildman–Crippen LogP) is 3.34. The van der Waals surface area contributed by atoms with Gasteiger partial charge in [-0.25, -0.2) is 0 Å². The van der Waals surface area contributed by atoms with Crippen LogP contribution in [0.2, 0.25) is 10.0 Å². The van der Waals surface area contributed by atoms with Crippen molar-refractivity contribution in [1.29, 1.82) is 0 Å². The lowest BCUT2D eigenvalue weighted by Gasteiger charge is -2.07. The molecule has 0 radical (unpaired) electrons. The van der Waals surface area contributed by atoms with Crippen molar-refractivity contribution in [1.82, 2.24) is 5.16 Å². The van der Waals surface area contributed by atoms with Gasteiger partial charge in [-0.05, 0) is 25.1 Å². The van der Waals surface area contributed by atoms with Gasteiger partial charge in [-0.15, -0.1) is 0 Å². The highest BCUT2D eigenvalue weighted by atomic mass is 35.5. The van der Waals surface area contributed by atoms with E-state index in [9.17, 15) is 4.79 Å².